The molecule has 2 N–H and O–H groups in total. The molecule has 3 nitrogen and oxygen atoms in total. The predicted molar refractivity (Wildman–Crippen MR) is 106 cm³/mol. The molecule has 1 aliphatic heterocycles. The molecule has 0 aromatic heterocycles. The normalized spacial score (nSPS) is 22.6. The third kappa shape index (κ3) is 3.50. The van der Waals surface area contributed by atoms with Gasteiger partial charge in [0.05, 0.1) is 5.92 Å². The minimum Gasteiger partial charge on any atom is -0.370 e. The lowest BCUT2D eigenvalue weighted by molar-refractivity contribution is -0.00830. The zero-order valence-electron chi connectivity index (χ0n) is 16.5. The van der Waals surface area contributed by atoms with Crippen molar-refractivity contribution in [2.75, 3.05) is 7.05 Å². The van der Waals surface area contributed by atoms with Crippen LogP contribution in [0.2, 0.25) is 0 Å². The third-order valence-corrected chi connectivity index (χ3v) is 5.60. The van der Waals surface area contributed by atoms with E-state index in [0.29, 0.717) is 11.3 Å². The highest BCUT2D eigenvalue weighted by atomic mass is 19.3. The molecule has 2 aromatic carbocycles. The van der Waals surface area contributed by atoms with E-state index in [1.807, 2.05) is 0 Å². The molecule has 3 rings (SSSR count). The Morgan fingerprint density at radius 1 is 1.17 bits per heavy atom. The zero-order valence-corrected chi connectivity index (χ0v) is 16.5. The van der Waals surface area contributed by atoms with Gasteiger partial charge in [0.1, 0.15) is 17.2 Å². The standard InChI is InChI=1S/C22H23F4N3/c1-5-22(25,26)15-8-6-14(7-9-15)19-13(2)29(4)20(27)28-21(19,3)17-11-10-16(23)12-18(17)24/h6-12,19H,2,5H2,1,3-4H3,(H2,27,28)/t19-,21-/m1/s1. The van der Waals surface area contributed by atoms with Crippen molar-refractivity contribution in [3.8, 4) is 0 Å². The summed E-state index contributed by atoms with van der Waals surface area (Å²) in [4.78, 5) is 6.07. The third-order valence-electron chi connectivity index (χ3n) is 5.60. The zero-order chi connectivity index (χ0) is 21.6. The van der Waals surface area contributed by atoms with Gasteiger partial charge in [-0.05, 0) is 18.6 Å². The van der Waals surface area contributed by atoms with Crippen LogP contribution in [-0.2, 0) is 11.5 Å². The van der Waals surface area contributed by atoms with E-state index >= 15 is 0 Å². The lowest BCUT2D eigenvalue weighted by atomic mass is 9.73. The highest BCUT2D eigenvalue weighted by molar-refractivity contribution is 5.82. The summed E-state index contributed by atoms with van der Waals surface area (Å²) in [6, 6.07) is 9.11. The minimum atomic E-state index is -2.94. The number of rotatable bonds is 4. The molecule has 154 valence electrons. The van der Waals surface area contributed by atoms with E-state index < -0.39 is 29.0 Å². The topological polar surface area (TPSA) is 41.6 Å². The second-order valence-corrected chi connectivity index (χ2v) is 7.41. The van der Waals surface area contributed by atoms with Gasteiger partial charge in [-0.3, -0.25) is 0 Å². The van der Waals surface area contributed by atoms with Crippen molar-refractivity contribution < 1.29 is 17.6 Å². The van der Waals surface area contributed by atoms with Gasteiger partial charge in [-0.1, -0.05) is 43.8 Å². The first kappa shape index (κ1) is 20.9. The van der Waals surface area contributed by atoms with Crippen molar-refractivity contribution >= 4 is 5.96 Å². The SMILES string of the molecule is C=C1[C@H](c2ccc(C(F)(F)CC)cc2)[C@@](C)(c2ccc(F)cc2F)N=C(N)N1C. The molecule has 0 radical (unpaired) electrons. The Balaban J connectivity index is 2.17. The summed E-state index contributed by atoms with van der Waals surface area (Å²) < 4.78 is 56.2. The largest absolute Gasteiger partial charge is 0.370 e. The summed E-state index contributed by atoms with van der Waals surface area (Å²) in [7, 11) is 1.67. The van der Waals surface area contributed by atoms with E-state index in [1.54, 1.807) is 31.0 Å². The van der Waals surface area contributed by atoms with Gasteiger partial charge in [0, 0.05) is 36.4 Å². The first-order valence-corrected chi connectivity index (χ1v) is 9.23. The summed E-state index contributed by atoms with van der Waals surface area (Å²) in [5.41, 5.74) is 5.98. The van der Waals surface area contributed by atoms with Gasteiger partial charge >= 0.3 is 0 Å². The lowest BCUT2D eigenvalue weighted by Gasteiger charge is -2.44. The molecule has 0 saturated carbocycles. The molecule has 0 bridgehead atoms. The number of guanidine groups is 1. The maximum absolute atomic E-state index is 14.7. The maximum atomic E-state index is 14.7. The first-order chi connectivity index (χ1) is 13.5. The molecule has 0 aliphatic carbocycles. The van der Waals surface area contributed by atoms with Crippen molar-refractivity contribution in [1.29, 1.82) is 0 Å². The van der Waals surface area contributed by atoms with E-state index in [0.717, 1.165) is 12.1 Å². The summed E-state index contributed by atoms with van der Waals surface area (Å²) in [6.07, 6.45) is -0.315. The van der Waals surface area contributed by atoms with E-state index in [-0.39, 0.29) is 23.5 Å². The number of halogens is 4. The van der Waals surface area contributed by atoms with Gasteiger partial charge in [-0.2, -0.15) is 0 Å². The average Bonchev–Trinajstić information content (AvgIpc) is 2.66. The summed E-state index contributed by atoms with van der Waals surface area (Å²) in [5, 5.41) is 0. The molecule has 0 unspecified atom stereocenters. The summed E-state index contributed by atoms with van der Waals surface area (Å²) in [5.74, 6) is -4.87. The van der Waals surface area contributed by atoms with Gasteiger partial charge in [-0.25, -0.2) is 22.6 Å². The fourth-order valence-electron chi connectivity index (χ4n) is 3.80. The Morgan fingerprint density at radius 3 is 2.34 bits per heavy atom. The van der Waals surface area contributed by atoms with Gasteiger partial charge in [-0.15, -0.1) is 0 Å². The highest BCUT2D eigenvalue weighted by Gasteiger charge is 2.45. The fourth-order valence-corrected chi connectivity index (χ4v) is 3.80. The highest BCUT2D eigenvalue weighted by Crippen LogP contribution is 2.48. The van der Waals surface area contributed by atoms with Crippen LogP contribution in [0.25, 0.3) is 0 Å². The van der Waals surface area contributed by atoms with Crippen molar-refractivity contribution in [1.82, 2.24) is 4.90 Å². The predicted octanol–water partition coefficient (Wildman–Crippen LogP) is 5.24. The van der Waals surface area contributed by atoms with Crippen LogP contribution in [0.5, 0.6) is 0 Å². The van der Waals surface area contributed by atoms with E-state index in [9.17, 15) is 17.6 Å². The Bertz CT molecular complexity index is 969. The molecule has 1 heterocycles. The van der Waals surface area contributed by atoms with Gasteiger partial charge in [0.15, 0.2) is 5.96 Å². The van der Waals surface area contributed by atoms with Gasteiger partial charge in [0.2, 0.25) is 0 Å². The van der Waals surface area contributed by atoms with Crippen LogP contribution in [0.15, 0.2) is 59.7 Å². The fraction of sp³-hybridized carbons (Fsp3) is 0.318. The summed E-state index contributed by atoms with van der Waals surface area (Å²) >= 11 is 0. The van der Waals surface area contributed by atoms with Crippen molar-refractivity contribution in [2.45, 2.75) is 37.6 Å². The van der Waals surface area contributed by atoms with E-state index in [2.05, 4.69) is 11.6 Å². The molecule has 1 aliphatic rings. The number of benzene rings is 2. The molecule has 2 aromatic rings. The second kappa shape index (κ2) is 7.21. The number of aliphatic imine (C=N–C) groups is 1. The lowest BCUT2D eigenvalue weighted by Crippen LogP contribution is -2.47. The molecule has 0 amide bonds. The van der Waals surface area contributed by atoms with Gasteiger partial charge in [0.25, 0.3) is 5.92 Å². The quantitative estimate of drug-likeness (QED) is 0.707. The van der Waals surface area contributed by atoms with Crippen molar-refractivity contribution in [3.05, 3.63) is 83.1 Å². The Kier molecular flexibility index (Phi) is 5.19. The van der Waals surface area contributed by atoms with Crippen LogP contribution in [0.3, 0.4) is 0 Å². The Labute approximate surface area is 167 Å². The smallest absolute Gasteiger partial charge is 0.273 e. The first-order valence-electron chi connectivity index (χ1n) is 9.23. The molecule has 7 heteroatoms. The van der Waals surface area contributed by atoms with Crippen LogP contribution in [-0.4, -0.2) is 17.9 Å². The van der Waals surface area contributed by atoms with Gasteiger partial charge < -0.3 is 10.6 Å². The van der Waals surface area contributed by atoms with Crippen molar-refractivity contribution in [2.24, 2.45) is 10.7 Å². The number of hydrogen-bond donors (Lipinski definition) is 1. The number of nitrogens with two attached hydrogens (primary N) is 1. The number of alkyl halides is 2. The maximum Gasteiger partial charge on any atom is 0.273 e. The minimum absolute atomic E-state index is 0.101. The Hall–Kier alpha value is -2.83. The van der Waals surface area contributed by atoms with Crippen LogP contribution < -0.4 is 5.73 Å². The van der Waals surface area contributed by atoms with Crippen LogP contribution >= 0.6 is 0 Å². The number of hydrogen-bond acceptors (Lipinski definition) is 3. The van der Waals surface area contributed by atoms with Crippen molar-refractivity contribution in [3.63, 3.8) is 0 Å². The molecule has 0 spiro atoms. The van der Waals surface area contributed by atoms with E-state index in [4.69, 9.17) is 5.73 Å². The molecule has 0 fully saturated rings. The van der Waals surface area contributed by atoms with Crippen LogP contribution in [0.4, 0.5) is 17.6 Å². The monoisotopic (exact) mass is 405 g/mol. The van der Waals surface area contributed by atoms with E-state index in [1.165, 1.54) is 25.1 Å². The number of nitrogens with zero attached hydrogens (tertiary/aromatic N) is 2. The molecule has 2 atom stereocenters. The van der Waals surface area contributed by atoms with Crippen LogP contribution in [0.1, 0.15) is 42.9 Å². The molecule has 29 heavy (non-hydrogen) atoms. The second-order valence-electron chi connectivity index (χ2n) is 7.41. The molecule has 0 saturated heterocycles. The Morgan fingerprint density at radius 2 is 1.79 bits per heavy atom. The number of likely N-dealkylation sites (N-methyl/N-ethyl adjacent to an activating group) is 1. The molecular weight excluding hydrogens is 382 g/mol. The molecular formula is C22H23F4N3. The summed E-state index contributed by atoms with van der Waals surface area (Å²) in [6.45, 7) is 7.17. The average molecular weight is 405 g/mol. The van der Waals surface area contributed by atoms with Crippen LogP contribution in [0, 0.1) is 11.6 Å².